The van der Waals surface area contributed by atoms with Gasteiger partial charge in [-0.3, -0.25) is 0 Å². The van der Waals surface area contributed by atoms with E-state index < -0.39 is 10.0 Å². The van der Waals surface area contributed by atoms with Crippen LogP contribution < -0.4 is 5.14 Å². The molecule has 1 aromatic heterocycles. The molecule has 78 valence electrons. The third-order valence-corrected chi connectivity index (χ3v) is 3.08. The Morgan fingerprint density at radius 1 is 1.57 bits per heavy atom. The van der Waals surface area contributed by atoms with Crippen LogP contribution in [0.25, 0.3) is 0 Å². The van der Waals surface area contributed by atoms with Crippen LogP contribution in [0.1, 0.15) is 11.3 Å². The van der Waals surface area contributed by atoms with E-state index in [0.29, 0.717) is 6.54 Å². The molecule has 0 unspecified atom stereocenters. The van der Waals surface area contributed by atoms with E-state index in [-0.39, 0.29) is 5.09 Å². The predicted octanol–water partition coefficient (Wildman–Crippen LogP) is -0.0851. The first-order chi connectivity index (χ1) is 6.47. The maximum atomic E-state index is 11.0. The van der Waals surface area contributed by atoms with E-state index in [9.17, 15) is 8.42 Å². The molecule has 0 saturated carbocycles. The third-order valence-electron chi connectivity index (χ3n) is 2.32. The fourth-order valence-electron chi connectivity index (χ4n) is 1.59. The first kappa shape index (κ1) is 9.70. The Hall–Kier alpha value is -0.850. The van der Waals surface area contributed by atoms with Crippen molar-refractivity contribution >= 4 is 10.0 Å². The van der Waals surface area contributed by atoms with E-state index in [0.717, 1.165) is 24.3 Å². The quantitative estimate of drug-likeness (QED) is 0.712. The van der Waals surface area contributed by atoms with Gasteiger partial charge in [-0.1, -0.05) is 0 Å². The summed E-state index contributed by atoms with van der Waals surface area (Å²) in [5.41, 5.74) is 0.919. The first-order valence-corrected chi connectivity index (χ1v) is 5.84. The van der Waals surface area contributed by atoms with Gasteiger partial charge in [-0.25, -0.2) is 13.6 Å². The minimum Gasteiger partial charge on any atom is -0.448 e. The summed E-state index contributed by atoms with van der Waals surface area (Å²) < 4.78 is 27.2. The molecule has 2 rings (SSSR count). The van der Waals surface area contributed by atoms with Gasteiger partial charge in [0.15, 0.2) is 0 Å². The molecule has 14 heavy (non-hydrogen) atoms. The first-order valence-electron chi connectivity index (χ1n) is 4.30. The van der Waals surface area contributed by atoms with Crippen molar-refractivity contribution in [3.05, 3.63) is 17.4 Å². The van der Waals surface area contributed by atoms with Gasteiger partial charge in [-0.05, 0) is 7.05 Å². The Bertz CT molecular complexity index is 449. The summed E-state index contributed by atoms with van der Waals surface area (Å²) in [5, 5.41) is 4.84. The second kappa shape index (κ2) is 3.08. The lowest BCUT2D eigenvalue weighted by atomic mass is 10.1. The number of hydrogen-bond donors (Lipinski definition) is 1. The average molecular weight is 216 g/mol. The smallest absolute Gasteiger partial charge is 0.271 e. The summed E-state index contributed by atoms with van der Waals surface area (Å²) >= 11 is 0. The summed E-state index contributed by atoms with van der Waals surface area (Å²) in [4.78, 5) is 2.10. The molecule has 0 radical (unpaired) electrons. The van der Waals surface area contributed by atoms with Crippen molar-refractivity contribution in [2.75, 3.05) is 13.6 Å². The Morgan fingerprint density at radius 2 is 2.29 bits per heavy atom. The number of hydrogen-bond acceptors (Lipinski definition) is 4. The van der Waals surface area contributed by atoms with Crippen molar-refractivity contribution in [1.29, 1.82) is 0 Å². The second-order valence-electron chi connectivity index (χ2n) is 3.55. The standard InChI is InChI=1S/C8H12N2O3S/c1-10-3-2-7-6(5-10)4-8(13-7)14(9,11)12/h4H,2-3,5H2,1H3,(H2,9,11,12). The molecular weight excluding hydrogens is 204 g/mol. The van der Waals surface area contributed by atoms with Crippen molar-refractivity contribution in [2.24, 2.45) is 5.14 Å². The van der Waals surface area contributed by atoms with Crippen molar-refractivity contribution in [3.63, 3.8) is 0 Å². The zero-order valence-corrected chi connectivity index (χ0v) is 8.67. The zero-order chi connectivity index (χ0) is 10.3. The molecule has 0 fully saturated rings. The van der Waals surface area contributed by atoms with Crippen molar-refractivity contribution < 1.29 is 12.8 Å². The summed E-state index contributed by atoms with van der Waals surface area (Å²) in [6.07, 6.45) is 0.737. The third kappa shape index (κ3) is 1.68. The molecule has 5 nitrogen and oxygen atoms in total. The normalized spacial score (nSPS) is 18.1. The average Bonchev–Trinajstić information content (AvgIpc) is 2.45. The molecule has 0 aliphatic carbocycles. The van der Waals surface area contributed by atoms with E-state index in [1.165, 1.54) is 6.07 Å². The number of likely N-dealkylation sites (N-methyl/N-ethyl adjacent to an activating group) is 1. The highest BCUT2D eigenvalue weighted by Crippen LogP contribution is 2.23. The topological polar surface area (TPSA) is 76.5 Å². The molecular formula is C8H12N2O3S. The monoisotopic (exact) mass is 216 g/mol. The molecule has 2 heterocycles. The van der Waals surface area contributed by atoms with Crippen LogP contribution in [-0.2, 0) is 23.0 Å². The maximum Gasteiger partial charge on any atom is 0.271 e. The number of nitrogens with two attached hydrogens (primary N) is 1. The largest absolute Gasteiger partial charge is 0.448 e. The van der Waals surface area contributed by atoms with Gasteiger partial charge in [0.25, 0.3) is 10.0 Å². The van der Waals surface area contributed by atoms with Gasteiger partial charge in [0.05, 0.1) is 0 Å². The molecule has 1 aromatic rings. The Morgan fingerprint density at radius 3 is 2.93 bits per heavy atom. The van der Waals surface area contributed by atoms with Gasteiger partial charge in [-0.2, -0.15) is 0 Å². The van der Waals surface area contributed by atoms with Crippen LogP contribution >= 0.6 is 0 Å². The molecule has 6 heteroatoms. The zero-order valence-electron chi connectivity index (χ0n) is 7.86. The number of furan rings is 1. The Balaban J connectivity index is 2.42. The molecule has 0 amide bonds. The van der Waals surface area contributed by atoms with E-state index in [4.69, 9.17) is 9.56 Å². The van der Waals surface area contributed by atoms with Crippen molar-refractivity contribution in [3.8, 4) is 0 Å². The highest BCUT2D eigenvalue weighted by Gasteiger charge is 2.22. The lowest BCUT2D eigenvalue weighted by molar-refractivity contribution is 0.287. The van der Waals surface area contributed by atoms with Crippen LogP contribution in [0.2, 0.25) is 0 Å². The van der Waals surface area contributed by atoms with Gasteiger partial charge >= 0.3 is 0 Å². The van der Waals surface area contributed by atoms with Crippen LogP contribution in [0, 0.1) is 0 Å². The Labute approximate surface area is 82.5 Å². The van der Waals surface area contributed by atoms with Gasteiger partial charge in [-0.15, -0.1) is 0 Å². The van der Waals surface area contributed by atoms with Crippen LogP contribution in [0.5, 0.6) is 0 Å². The predicted molar refractivity (Wildman–Crippen MR) is 50.1 cm³/mol. The van der Waals surface area contributed by atoms with E-state index in [2.05, 4.69) is 4.90 Å². The van der Waals surface area contributed by atoms with Gasteiger partial charge in [0.1, 0.15) is 5.76 Å². The summed E-state index contributed by atoms with van der Waals surface area (Å²) in [6.45, 7) is 1.60. The molecule has 2 N–H and O–H groups in total. The van der Waals surface area contributed by atoms with Crippen LogP contribution in [0.4, 0.5) is 0 Å². The van der Waals surface area contributed by atoms with Crippen LogP contribution in [0.3, 0.4) is 0 Å². The fraction of sp³-hybridized carbons (Fsp3) is 0.500. The molecule has 0 bridgehead atoms. The van der Waals surface area contributed by atoms with Gasteiger partial charge in [0, 0.05) is 31.1 Å². The minimum absolute atomic E-state index is 0.127. The summed E-state index contributed by atoms with van der Waals surface area (Å²) in [6, 6.07) is 1.51. The maximum absolute atomic E-state index is 11.0. The highest BCUT2D eigenvalue weighted by atomic mass is 32.2. The molecule has 1 aliphatic heterocycles. The van der Waals surface area contributed by atoms with Gasteiger partial charge in [0.2, 0.25) is 5.09 Å². The second-order valence-corrected chi connectivity index (χ2v) is 5.04. The number of nitrogens with zero attached hydrogens (tertiary/aromatic N) is 1. The van der Waals surface area contributed by atoms with Crippen LogP contribution in [-0.4, -0.2) is 26.9 Å². The Kier molecular flexibility index (Phi) is 2.13. The lowest BCUT2D eigenvalue weighted by Crippen LogP contribution is -2.25. The van der Waals surface area contributed by atoms with E-state index >= 15 is 0 Å². The van der Waals surface area contributed by atoms with E-state index in [1.54, 1.807) is 0 Å². The summed E-state index contributed by atoms with van der Waals surface area (Å²) in [7, 11) is -1.72. The van der Waals surface area contributed by atoms with E-state index in [1.807, 2.05) is 7.05 Å². The van der Waals surface area contributed by atoms with Gasteiger partial charge < -0.3 is 9.32 Å². The lowest BCUT2D eigenvalue weighted by Gasteiger charge is -2.20. The number of primary sulfonamides is 1. The SMILES string of the molecule is CN1CCc2oc(S(N)(=O)=O)cc2C1. The van der Waals surface area contributed by atoms with Crippen molar-refractivity contribution in [2.45, 2.75) is 18.1 Å². The summed E-state index contributed by atoms with van der Waals surface area (Å²) in [5.74, 6) is 0.743. The molecule has 0 spiro atoms. The number of sulfonamides is 1. The van der Waals surface area contributed by atoms with Crippen molar-refractivity contribution in [1.82, 2.24) is 4.90 Å². The minimum atomic E-state index is -3.70. The molecule has 0 atom stereocenters. The van der Waals surface area contributed by atoms with Crippen LogP contribution in [0.15, 0.2) is 15.6 Å². The molecule has 0 aromatic carbocycles. The highest BCUT2D eigenvalue weighted by molar-refractivity contribution is 7.89. The fourth-order valence-corrected chi connectivity index (χ4v) is 2.11. The number of rotatable bonds is 1. The molecule has 0 saturated heterocycles. The molecule has 1 aliphatic rings. The number of fused-ring (bicyclic) bond motifs is 1.